The molecule has 1 unspecified atom stereocenters. The Hall–Kier alpha value is -1.06. The van der Waals surface area contributed by atoms with Crippen molar-refractivity contribution in [2.75, 3.05) is 6.54 Å². The lowest BCUT2D eigenvalue weighted by Gasteiger charge is -2.12. The number of benzene rings is 1. The summed E-state index contributed by atoms with van der Waals surface area (Å²) >= 11 is 5.41. The molecule has 0 spiro atoms. The summed E-state index contributed by atoms with van der Waals surface area (Å²) in [4.78, 5) is 13.8. The summed E-state index contributed by atoms with van der Waals surface area (Å²) in [6, 6.07) is 9.34. The molecule has 1 aliphatic carbocycles. The summed E-state index contributed by atoms with van der Waals surface area (Å²) in [5.74, 6) is -0.666. The number of rotatable bonds is 4. The maximum Gasteiger partial charge on any atom is 0.314 e. The molecule has 0 aromatic heterocycles. The van der Waals surface area contributed by atoms with Crippen LogP contribution in [0.4, 0.5) is 0 Å². The Kier molecular flexibility index (Phi) is 2.67. The highest BCUT2D eigenvalue weighted by molar-refractivity contribution is 6.13. The smallest absolute Gasteiger partial charge is 0.314 e. The Balaban J connectivity index is 2.28. The van der Waals surface area contributed by atoms with E-state index in [4.69, 9.17) is 11.8 Å². The number of hydrogen-bond acceptors (Lipinski definition) is 2. The van der Waals surface area contributed by atoms with Crippen molar-refractivity contribution >= 4 is 17.7 Å². The minimum atomic E-state index is -0.759. The van der Waals surface area contributed by atoms with E-state index in [0.717, 1.165) is 5.56 Å². The summed E-state index contributed by atoms with van der Waals surface area (Å²) in [7, 11) is 0. The van der Waals surface area contributed by atoms with Crippen molar-refractivity contribution in [3.8, 4) is 0 Å². The Labute approximate surface area is 93.2 Å². The molecular weight excluding hydrogens is 214 g/mol. The fourth-order valence-corrected chi connectivity index (χ4v) is 2.33. The minimum Gasteiger partial charge on any atom is -0.481 e. The second-order valence-electron chi connectivity index (χ2n) is 3.88. The van der Waals surface area contributed by atoms with Crippen LogP contribution in [0.5, 0.6) is 0 Å². The van der Waals surface area contributed by atoms with Crippen LogP contribution in [0.2, 0.25) is 0 Å². The van der Waals surface area contributed by atoms with Crippen molar-refractivity contribution < 1.29 is 9.90 Å². The Morgan fingerprint density at radius 1 is 1.53 bits per heavy atom. The van der Waals surface area contributed by atoms with Gasteiger partial charge >= 0.3 is 5.97 Å². The zero-order valence-electron chi connectivity index (χ0n) is 8.11. The predicted octanol–water partition coefficient (Wildman–Crippen LogP) is 1.77. The number of carboxylic acids is 1. The van der Waals surface area contributed by atoms with Gasteiger partial charge in [-0.1, -0.05) is 30.3 Å². The van der Waals surface area contributed by atoms with Crippen molar-refractivity contribution in [2.45, 2.75) is 11.8 Å². The second-order valence-corrected chi connectivity index (χ2v) is 4.15. The van der Waals surface area contributed by atoms with E-state index in [-0.39, 0.29) is 5.92 Å². The highest BCUT2D eigenvalue weighted by atomic mass is 35.5. The Morgan fingerprint density at radius 2 is 2.20 bits per heavy atom. The average Bonchev–Trinajstić information content (AvgIpc) is 2.96. The van der Waals surface area contributed by atoms with Crippen LogP contribution >= 0.6 is 11.8 Å². The van der Waals surface area contributed by atoms with Gasteiger partial charge in [-0.25, -0.2) is 4.84 Å². The molecule has 2 N–H and O–H groups in total. The molecule has 1 saturated carbocycles. The molecule has 2 rings (SSSR count). The van der Waals surface area contributed by atoms with Crippen molar-refractivity contribution in [1.29, 1.82) is 0 Å². The molecule has 1 aliphatic rings. The van der Waals surface area contributed by atoms with Crippen molar-refractivity contribution in [2.24, 2.45) is 5.92 Å². The van der Waals surface area contributed by atoms with Gasteiger partial charge in [-0.3, -0.25) is 4.79 Å². The molecule has 15 heavy (non-hydrogen) atoms. The van der Waals surface area contributed by atoms with E-state index >= 15 is 0 Å². The monoisotopic (exact) mass is 225 g/mol. The molecule has 0 radical (unpaired) electrons. The SMILES string of the molecule is O=C(O)[C@@]1(c2ccccc2)CC1CNCl. The molecule has 0 aliphatic heterocycles. The molecular formula is C11H12ClNO2. The summed E-state index contributed by atoms with van der Waals surface area (Å²) < 4.78 is 0. The van der Waals surface area contributed by atoms with E-state index in [9.17, 15) is 9.90 Å². The van der Waals surface area contributed by atoms with Gasteiger partial charge in [-0.15, -0.1) is 0 Å². The van der Waals surface area contributed by atoms with Gasteiger partial charge in [0, 0.05) is 6.54 Å². The second kappa shape index (κ2) is 3.83. The minimum absolute atomic E-state index is 0.0925. The number of aliphatic carboxylic acids is 1. The van der Waals surface area contributed by atoms with Crippen molar-refractivity contribution in [3.63, 3.8) is 0 Å². The first-order valence-electron chi connectivity index (χ1n) is 4.84. The maximum absolute atomic E-state index is 11.3. The lowest BCUT2D eigenvalue weighted by atomic mass is 9.93. The van der Waals surface area contributed by atoms with Crippen LogP contribution in [-0.4, -0.2) is 17.6 Å². The number of hydrogen-bond donors (Lipinski definition) is 2. The molecule has 1 aromatic rings. The van der Waals surface area contributed by atoms with Crippen molar-refractivity contribution in [1.82, 2.24) is 4.84 Å². The van der Waals surface area contributed by atoms with Crippen molar-refractivity contribution in [3.05, 3.63) is 35.9 Å². The third-order valence-electron chi connectivity index (χ3n) is 3.10. The number of carboxylic acid groups (broad SMARTS) is 1. The number of halogens is 1. The topological polar surface area (TPSA) is 49.3 Å². The van der Waals surface area contributed by atoms with Gasteiger partial charge in [0.1, 0.15) is 0 Å². The van der Waals surface area contributed by atoms with Crippen LogP contribution in [0.15, 0.2) is 30.3 Å². The van der Waals surface area contributed by atoms with Gasteiger partial charge in [-0.05, 0) is 29.7 Å². The fourth-order valence-electron chi connectivity index (χ4n) is 2.14. The molecule has 0 bridgehead atoms. The quantitative estimate of drug-likeness (QED) is 0.768. The van der Waals surface area contributed by atoms with E-state index in [2.05, 4.69) is 4.84 Å². The highest BCUT2D eigenvalue weighted by Crippen LogP contribution is 2.54. The Morgan fingerprint density at radius 3 is 2.73 bits per heavy atom. The lowest BCUT2D eigenvalue weighted by Crippen LogP contribution is -2.25. The van der Waals surface area contributed by atoms with E-state index in [1.165, 1.54) is 0 Å². The van der Waals surface area contributed by atoms with Crippen LogP contribution in [0.25, 0.3) is 0 Å². The molecule has 1 fully saturated rings. The van der Waals surface area contributed by atoms with E-state index in [1.807, 2.05) is 30.3 Å². The maximum atomic E-state index is 11.3. The van der Waals surface area contributed by atoms with Gasteiger partial charge < -0.3 is 5.11 Å². The molecule has 2 atom stereocenters. The van der Waals surface area contributed by atoms with Gasteiger partial charge in [0.25, 0.3) is 0 Å². The Bertz CT molecular complexity index is 368. The van der Waals surface area contributed by atoms with Gasteiger partial charge in [0.05, 0.1) is 5.41 Å². The molecule has 0 heterocycles. The van der Waals surface area contributed by atoms with E-state index in [0.29, 0.717) is 13.0 Å². The normalized spacial score (nSPS) is 28.7. The van der Waals surface area contributed by atoms with Crippen LogP contribution in [0, 0.1) is 5.92 Å². The molecule has 0 amide bonds. The predicted molar refractivity (Wildman–Crippen MR) is 57.7 cm³/mol. The first-order chi connectivity index (χ1) is 7.21. The molecule has 1 aromatic carbocycles. The summed E-state index contributed by atoms with van der Waals surface area (Å²) in [6.45, 7) is 0.531. The first-order valence-corrected chi connectivity index (χ1v) is 5.22. The van der Waals surface area contributed by atoms with Crippen LogP contribution < -0.4 is 4.84 Å². The number of nitrogens with one attached hydrogen (secondary N) is 1. The van der Waals surface area contributed by atoms with E-state index < -0.39 is 11.4 Å². The third-order valence-corrected chi connectivity index (χ3v) is 3.25. The lowest BCUT2D eigenvalue weighted by molar-refractivity contribution is -0.140. The number of carbonyl (C=O) groups is 1. The zero-order valence-corrected chi connectivity index (χ0v) is 8.87. The zero-order chi connectivity index (χ0) is 10.9. The standard InChI is InChI=1S/C11H12ClNO2/c12-13-7-9-6-11(9,10(14)15)8-4-2-1-3-5-8/h1-5,9,13H,6-7H2,(H,14,15)/t9?,11-/m1/s1. The van der Waals surface area contributed by atoms with Crippen LogP contribution in [-0.2, 0) is 10.2 Å². The van der Waals surface area contributed by atoms with E-state index in [1.54, 1.807) is 0 Å². The largest absolute Gasteiger partial charge is 0.481 e. The first kappa shape index (κ1) is 10.5. The molecule has 0 saturated heterocycles. The molecule has 4 heteroatoms. The van der Waals surface area contributed by atoms with Gasteiger partial charge in [0.15, 0.2) is 0 Å². The average molecular weight is 226 g/mol. The summed E-state index contributed by atoms with van der Waals surface area (Å²) in [6.07, 6.45) is 0.659. The molecule has 3 nitrogen and oxygen atoms in total. The van der Waals surface area contributed by atoms with Gasteiger partial charge in [-0.2, -0.15) is 0 Å². The highest BCUT2D eigenvalue weighted by Gasteiger charge is 2.61. The summed E-state index contributed by atoms with van der Waals surface area (Å²) in [5.41, 5.74) is 0.151. The molecule has 80 valence electrons. The summed E-state index contributed by atoms with van der Waals surface area (Å²) in [5, 5.41) is 9.28. The third kappa shape index (κ3) is 1.62. The van der Waals surface area contributed by atoms with Crippen LogP contribution in [0.1, 0.15) is 12.0 Å². The van der Waals surface area contributed by atoms with Crippen LogP contribution in [0.3, 0.4) is 0 Å². The fraction of sp³-hybridized carbons (Fsp3) is 0.364. The van der Waals surface area contributed by atoms with Gasteiger partial charge in [0.2, 0.25) is 0 Å².